The van der Waals surface area contributed by atoms with Gasteiger partial charge in [-0.2, -0.15) is 9.78 Å². The van der Waals surface area contributed by atoms with Crippen LogP contribution in [0.5, 0.6) is 5.75 Å². The first-order valence-electron chi connectivity index (χ1n) is 9.18. The van der Waals surface area contributed by atoms with Crippen LogP contribution in [-0.4, -0.2) is 32.7 Å². The third-order valence-electron chi connectivity index (χ3n) is 4.36. The summed E-state index contributed by atoms with van der Waals surface area (Å²) >= 11 is 1.44. The van der Waals surface area contributed by atoms with Gasteiger partial charge in [0.1, 0.15) is 11.6 Å². The third kappa shape index (κ3) is 4.43. The van der Waals surface area contributed by atoms with E-state index in [9.17, 15) is 14.9 Å². The van der Waals surface area contributed by atoms with Crippen LogP contribution >= 0.6 is 11.3 Å². The van der Waals surface area contributed by atoms with Crippen molar-refractivity contribution in [2.45, 2.75) is 6.92 Å². The van der Waals surface area contributed by atoms with Crippen LogP contribution in [0, 0.1) is 17.0 Å². The van der Waals surface area contributed by atoms with E-state index in [-0.39, 0.29) is 5.69 Å². The fourth-order valence-electron chi connectivity index (χ4n) is 2.93. The zero-order valence-electron chi connectivity index (χ0n) is 16.6. The molecule has 4 aromatic rings. The number of rotatable bonds is 6. The highest BCUT2D eigenvalue weighted by molar-refractivity contribution is 7.20. The van der Waals surface area contributed by atoms with Gasteiger partial charge in [-0.05, 0) is 30.7 Å². The first-order chi connectivity index (χ1) is 14.9. The number of thiazole rings is 1. The number of amides is 1. The smallest absolute Gasteiger partial charge is 0.270 e. The lowest BCUT2D eigenvalue weighted by Gasteiger charge is -2.04. The van der Waals surface area contributed by atoms with E-state index in [0.29, 0.717) is 22.3 Å². The molecule has 2 aromatic heterocycles. The van der Waals surface area contributed by atoms with Gasteiger partial charge in [0, 0.05) is 30.3 Å². The molecule has 0 saturated carbocycles. The van der Waals surface area contributed by atoms with Crippen LogP contribution in [0.15, 0.2) is 54.6 Å². The van der Waals surface area contributed by atoms with Crippen molar-refractivity contribution >= 4 is 45.0 Å². The van der Waals surface area contributed by atoms with Gasteiger partial charge in [0.05, 0.1) is 27.9 Å². The summed E-state index contributed by atoms with van der Waals surface area (Å²) in [6.07, 6.45) is 2.83. The Kier molecular flexibility index (Phi) is 5.46. The lowest BCUT2D eigenvalue weighted by molar-refractivity contribution is -0.384. The number of aryl methyl sites for hydroxylation is 1. The predicted octanol–water partition coefficient (Wildman–Crippen LogP) is 4.36. The topological polar surface area (TPSA) is 112 Å². The molecule has 0 aliphatic rings. The zero-order chi connectivity index (χ0) is 22.0. The number of nitrogens with zero attached hydrogens (tertiary/aromatic N) is 4. The van der Waals surface area contributed by atoms with Crippen LogP contribution in [0.2, 0.25) is 0 Å². The monoisotopic (exact) mass is 435 g/mol. The Morgan fingerprint density at radius 1 is 1.26 bits per heavy atom. The van der Waals surface area contributed by atoms with Crippen molar-refractivity contribution in [3.8, 4) is 10.9 Å². The van der Waals surface area contributed by atoms with E-state index in [1.807, 2.05) is 25.1 Å². The highest BCUT2D eigenvalue weighted by atomic mass is 32.1. The van der Waals surface area contributed by atoms with Gasteiger partial charge in [-0.15, -0.1) is 0 Å². The molecule has 1 N–H and O–H groups in total. The van der Waals surface area contributed by atoms with Crippen molar-refractivity contribution in [3.63, 3.8) is 0 Å². The number of nitro groups is 1. The molecule has 0 fully saturated rings. The minimum Gasteiger partial charge on any atom is -0.497 e. The predicted molar refractivity (Wildman–Crippen MR) is 119 cm³/mol. The molecule has 1 amide bonds. The molecule has 2 aromatic carbocycles. The highest BCUT2D eigenvalue weighted by Gasteiger charge is 2.14. The van der Waals surface area contributed by atoms with Gasteiger partial charge >= 0.3 is 0 Å². The van der Waals surface area contributed by atoms with Gasteiger partial charge < -0.3 is 10.1 Å². The number of hydrogen-bond donors (Lipinski definition) is 1. The maximum absolute atomic E-state index is 12.4. The van der Waals surface area contributed by atoms with Crippen LogP contribution in [0.25, 0.3) is 21.4 Å². The number of methoxy groups -OCH3 is 1. The number of ether oxygens (including phenoxy) is 1. The quantitative estimate of drug-likeness (QED) is 0.274. The maximum atomic E-state index is 12.4. The molecular formula is C21H17N5O4S. The van der Waals surface area contributed by atoms with Crippen molar-refractivity contribution in [2.24, 2.45) is 0 Å². The minimum atomic E-state index is -0.480. The average Bonchev–Trinajstić information content (AvgIpc) is 3.34. The summed E-state index contributed by atoms with van der Waals surface area (Å²) in [5.41, 5.74) is 2.00. The van der Waals surface area contributed by atoms with E-state index in [2.05, 4.69) is 15.4 Å². The standard InChI is InChI=1S/C21H17N5O4S/c1-13-10-19(23-20(27)9-6-14-4-3-5-15(11-14)26(28)29)25(24-13)21-22-17-12-16(30-2)7-8-18(17)31-21/h3-12H,1-2H3,(H,23,27)/b9-6+. The Morgan fingerprint density at radius 2 is 2.10 bits per heavy atom. The number of aromatic nitrogens is 3. The highest BCUT2D eigenvalue weighted by Crippen LogP contribution is 2.29. The fraction of sp³-hybridized carbons (Fsp3) is 0.0952. The molecule has 2 heterocycles. The van der Waals surface area contributed by atoms with E-state index in [1.165, 1.54) is 35.6 Å². The molecule has 10 heteroatoms. The maximum Gasteiger partial charge on any atom is 0.270 e. The Bertz CT molecular complexity index is 1320. The van der Waals surface area contributed by atoms with Crippen molar-refractivity contribution < 1.29 is 14.5 Å². The largest absolute Gasteiger partial charge is 0.497 e. The number of carbonyl (C=O) groups excluding carboxylic acids is 1. The number of anilines is 1. The molecule has 0 unspecified atom stereocenters. The molecule has 0 radical (unpaired) electrons. The number of carbonyl (C=O) groups is 1. The summed E-state index contributed by atoms with van der Waals surface area (Å²) in [4.78, 5) is 27.5. The van der Waals surface area contributed by atoms with Crippen LogP contribution in [-0.2, 0) is 4.79 Å². The van der Waals surface area contributed by atoms with Crippen molar-refractivity contribution in [1.29, 1.82) is 0 Å². The van der Waals surface area contributed by atoms with Gasteiger partial charge in [0.15, 0.2) is 0 Å². The summed E-state index contributed by atoms with van der Waals surface area (Å²) in [7, 11) is 1.60. The lowest BCUT2D eigenvalue weighted by atomic mass is 10.2. The van der Waals surface area contributed by atoms with Crippen LogP contribution in [0.3, 0.4) is 0 Å². The van der Waals surface area contributed by atoms with Gasteiger partial charge in [-0.3, -0.25) is 14.9 Å². The van der Waals surface area contributed by atoms with Gasteiger partial charge in [0.2, 0.25) is 11.0 Å². The van der Waals surface area contributed by atoms with Gasteiger partial charge in [0.25, 0.3) is 5.69 Å². The molecule has 0 bridgehead atoms. The second-order valence-electron chi connectivity index (χ2n) is 6.59. The van der Waals surface area contributed by atoms with Gasteiger partial charge in [-0.25, -0.2) is 4.98 Å². The lowest BCUT2D eigenvalue weighted by Crippen LogP contribution is -2.12. The zero-order valence-corrected chi connectivity index (χ0v) is 17.4. The number of nitro benzene ring substituents is 1. The Labute approximate surface area is 180 Å². The summed E-state index contributed by atoms with van der Waals surface area (Å²) in [6, 6.07) is 13.4. The van der Waals surface area contributed by atoms with E-state index >= 15 is 0 Å². The Morgan fingerprint density at radius 3 is 2.87 bits per heavy atom. The third-order valence-corrected chi connectivity index (χ3v) is 5.37. The molecule has 0 saturated heterocycles. The summed E-state index contributed by atoms with van der Waals surface area (Å²) in [5, 5.41) is 18.7. The number of nitrogens with one attached hydrogen (secondary N) is 1. The van der Waals surface area contributed by atoms with Crippen molar-refractivity contribution in [3.05, 3.63) is 76.0 Å². The number of hydrogen-bond acceptors (Lipinski definition) is 7. The second kappa shape index (κ2) is 8.36. The van der Waals surface area contributed by atoms with E-state index in [0.717, 1.165) is 15.9 Å². The molecule has 9 nitrogen and oxygen atoms in total. The number of non-ortho nitro benzene ring substituents is 1. The van der Waals surface area contributed by atoms with E-state index < -0.39 is 10.8 Å². The normalized spacial score (nSPS) is 11.2. The Balaban J connectivity index is 1.57. The second-order valence-corrected chi connectivity index (χ2v) is 7.60. The van der Waals surface area contributed by atoms with Crippen molar-refractivity contribution in [2.75, 3.05) is 12.4 Å². The van der Waals surface area contributed by atoms with Crippen LogP contribution < -0.4 is 10.1 Å². The summed E-state index contributed by atoms with van der Waals surface area (Å²) in [5.74, 6) is 0.786. The summed E-state index contributed by atoms with van der Waals surface area (Å²) < 4.78 is 7.78. The molecule has 0 atom stereocenters. The average molecular weight is 435 g/mol. The molecule has 0 aliphatic carbocycles. The SMILES string of the molecule is COc1ccc2sc(-n3nc(C)cc3NC(=O)/C=C/c3cccc([N+](=O)[O-])c3)nc2c1. The van der Waals surface area contributed by atoms with Crippen molar-refractivity contribution in [1.82, 2.24) is 14.8 Å². The molecule has 4 rings (SSSR count). The molecule has 0 aliphatic heterocycles. The van der Waals surface area contributed by atoms with Crippen LogP contribution in [0.1, 0.15) is 11.3 Å². The summed E-state index contributed by atoms with van der Waals surface area (Å²) in [6.45, 7) is 1.82. The fourth-order valence-corrected chi connectivity index (χ4v) is 3.84. The van der Waals surface area contributed by atoms with Gasteiger partial charge in [-0.1, -0.05) is 23.5 Å². The van der Waals surface area contributed by atoms with E-state index in [1.54, 1.807) is 30.0 Å². The first kappa shape index (κ1) is 20.2. The molecular weight excluding hydrogens is 418 g/mol. The number of benzene rings is 2. The van der Waals surface area contributed by atoms with Crippen LogP contribution in [0.4, 0.5) is 11.5 Å². The molecule has 156 valence electrons. The molecule has 0 spiro atoms. The first-order valence-corrected chi connectivity index (χ1v) is 10.00. The Hall–Kier alpha value is -4.05. The number of fused-ring (bicyclic) bond motifs is 1. The molecule has 31 heavy (non-hydrogen) atoms. The minimum absolute atomic E-state index is 0.0382. The van der Waals surface area contributed by atoms with E-state index in [4.69, 9.17) is 4.74 Å².